The van der Waals surface area contributed by atoms with Crippen LogP contribution in [0.4, 0.5) is 22.0 Å². The molecule has 0 fully saturated rings. The molecule has 0 amide bonds. The summed E-state index contributed by atoms with van der Waals surface area (Å²) in [4.78, 5) is 14.4. The van der Waals surface area contributed by atoms with E-state index < -0.39 is 41.0 Å². The topological polar surface area (TPSA) is 63.0 Å². The van der Waals surface area contributed by atoms with Gasteiger partial charge in [-0.05, 0) is 6.92 Å². The number of carbonyl (C=O) groups is 1. The molecular formula is C11H7F5N2O2. The highest BCUT2D eigenvalue weighted by atomic mass is 19.4. The van der Waals surface area contributed by atoms with Gasteiger partial charge in [0.15, 0.2) is 0 Å². The maximum absolute atomic E-state index is 12.8. The van der Waals surface area contributed by atoms with Gasteiger partial charge in [-0.15, -0.1) is 0 Å². The highest BCUT2D eigenvalue weighted by molar-refractivity contribution is 5.94. The first-order valence-electron chi connectivity index (χ1n) is 5.19. The van der Waals surface area contributed by atoms with Crippen molar-refractivity contribution in [2.75, 3.05) is 6.61 Å². The van der Waals surface area contributed by atoms with Crippen LogP contribution in [0.2, 0.25) is 0 Å². The molecule has 1 heterocycles. The highest BCUT2D eigenvalue weighted by Gasteiger charge is 2.39. The van der Waals surface area contributed by atoms with E-state index in [-0.39, 0.29) is 12.8 Å². The van der Waals surface area contributed by atoms with E-state index in [0.717, 1.165) is 6.07 Å². The lowest BCUT2D eigenvalue weighted by atomic mass is 10.0. The molecule has 0 aliphatic carbocycles. The lowest BCUT2D eigenvalue weighted by Crippen LogP contribution is -2.19. The normalized spacial score (nSPS) is 11.3. The van der Waals surface area contributed by atoms with E-state index in [1.165, 1.54) is 6.92 Å². The molecule has 4 nitrogen and oxygen atoms in total. The number of alkyl halides is 5. The molecule has 108 valence electrons. The van der Waals surface area contributed by atoms with Gasteiger partial charge in [-0.1, -0.05) is 0 Å². The first kappa shape index (κ1) is 15.8. The molecule has 0 saturated heterocycles. The Hall–Kier alpha value is -2.24. The second-order valence-electron chi connectivity index (χ2n) is 3.44. The minimum atomic E-state index is -5.03. The maximum atomic E-state index is 12.8. The molecule has 1 aromatic heterocycles. The van der Waals surface area contributed by atoms with Crippen molar-refractivity contribution in [3.63, 3.8) is 0 Å². The van der Waals surface area contributed by atoms with E-state index in [0.29, 0.717) is 0 Å². The summed E-state index contributed by atoms with van der Waals surface area (Å²) in [6.45, 7) is 1.06. The third kappa shape index (κ3) is 3.01. The number of ether oxygens (including phenoxy) is 1. The summed E-state index contributed by atoms with van der Waals surface area (Å²) in [5, 5.41) is 8.76. The van der Waals surface area contributed by atoms with Crippen molar-refractivity contribution in [1.29, 1.82) is 5.26 Å². The van der Waals surface area contributed by atoms with E-state index in [4.69, 9.17) is 5.26 Å². The smallest absolute Gasteiger partial charge is 0.418 e. The predicted octanol–water partition coefficient (Wildman–Crippen LogP) is 3.09. The number of nitrogens with zero attached hydrogens (tertiary/aromatic N) is 2. The fourth-order valence-corrected chi connectivity index (χ4v) is 1.43. The largest absolute Gasteiger partial charge is 0.462 e. The zero-order valence-corrected chi connectivity index (χ0v) is 9.96. The second kappa shape index (κ2) is 5.81. The summed E-state index contributed by atoms with van der Waals surface area (Å²) in [5.74, 6) is -1.50. The minimum Gasteiger partial charge on any atom is -0.462 e. The number of hydrogen-bond donors (Lipinski definition) is 0. The number of aromatic nitrogens is 1. The summed E-state index contributed by atoms with van der Waals surface area (Å²) in [6.07, 6.45) is -8.23. The van der Waals surface area contributed by atoms with Crippen molar-refractivity contribution in [2.45, 2.75) is 19.5 Å². The Balaban J connectivity index is 3.66. The molecule has 1 aromatic rings. The number of pyridine rings is 1. The summed E-state index contributed by atoms with van der Waals surface area (Å²) in [7, 11) is 0. The average molecular weight is 294 g/mol. The lowest BCUT2D eigenvalue weighted by Gasteiger charge is -2.14. The van der Waals surface area contributed by atoms with E-state index >= 15 is 0 Å². The quantitative estimate of drug-likeness (QED) is 0.635. The predicted molar refractivity (Wildman–Crippen MR) is 54.9 cm³/mol. The van der Waals surface area contributed by atoms with E-state index in [1.807, 2.05) is 0 Å². The van der Waals surface area contributed by atoms with Crippen LogP contribution in [0.15, 0.2) is 6.20 Å². The Labute approximate surface area is 109 Å². The third-order valence-corrected chi connectivity index (χ3v) is 2.21. The van der Waals surface area contributed by atoms with Crippen LogP contribution in [0.3, 0.4) is 0 Å². The van der Waals surface area contributed by atoms with Gasteiger partial charge in [0, 0.05) is 6.20 Å². The molecule has 0 aliphatic heterocycles. The molecule has 0 radical (unpaired) electrons. The van der Waals surface area contributed by atoms with Crippen LogP contribution < -0.4 is 0 Å². The van der Waals surface area contributed by atoms with Crippen LogP contribution in [-0.2, 0) is 10.9 Å². The van der Waals surface area contributed by atoms with Gasteiger partial charge in [0.25, 0.3) is 6.43 Å². The monoisotopic (exact) mass is 294 g/mol. The zero-order chi connectivity index (χ0) is 15.5. The number of rotatable bonds is 3. The Kier molecular flexibility index (Phi) is 4.60. The molecular weight excluding hydrogens is 287 g/mol. The molecule has 0 spiro atoms. The van der Waals surface area contributed by atoms with Crippen LogP contribution in [-0.4, -0.2) is 17.6 Å². The Bertz CT molecular complexity index is 563. The van der Waals surface area contributed by atoms with Crippen molar-refractivity contribution in [1.82, 2.24) is 4.98 Å². The zero-order valence-electron chi connectivity index (χ0n) is 9.96. The van der Waals surface area contributed by atoms with Crippen LogP contribution in [0.25, 0.3) is 0 Å². The van der Waals surface area contributed by atoms with Crippen LogP contribution in [0.1, 0.15) is 40.5 Å². The summed E-state index contributed by atoms with van der Waals surface area (Å²) in [6, 6.07) is 1.15. The first-order valence-corrected chi connectivity index (χ1v) is 5.19. The van der Waals surface area contributed by atoms with E-state index in [9.17, 15) is 26.7 Å². The van der Waals surface area contributed by atoms with Crippen molar-refractivity contribution >= 4 is 5.97 Å². The number of esters is 1. The van der Waals surface area contributed by atoms with Gasteiger partial charge in [0.05, 0.1) is 23.3 Å². The number of hydrogen-bond acceptors (Lipinski definition) is 4. The average Bonchev–Trinajstić information content (AvgIpc) is 2.35. The van der Waals surface area contributed by atoms with Gasteiger partial charge in [-0.3, -0.25) is 4.98 Å². The van der Waals surface area contributed by atoms with E-state index in [1.54, 1.807) is 0 Å². The van der Waals surface area contributed by atoms with Gasteiger partial charge < -0.3 is 4.74 Å². The second-order valence-corrected chi connectivity index (χ2v) is 3.44. The molecule has 0 bridgehead atoms. The number of carbonyl (C=O) groups excluding carboxylic acids is 1. The van der Waals surface area contributed by atoms with Gasteiger partial charge in [-0.25, -0.2) is 13.6 Å². The molecule has 20 heavy (non-hydrogen) atoms. The minimum absolute atomic E-state index is 0.0919. The van der Waals surface area contributed by atoms with Crippen molar-refractivity contribution in [3.8, 4) is 6.07 Å². The molecule has 0 aliphatic rings. The Morgan fingerprint density at radius 3 is 2.50 bits per heavy atom. The molecule has 9 heteroatoms. The fraction of sp³-hybridized carbons (Fsp3) is 0.364. The lowest BCUT2D eigenvalue weighted by molar-refractivity contribution is -0.138. The SMILES string of the molecule is CCOC(=O)c1c(C(F)(F)F)cnc(C(F)F)c1C#N. The first-order chi connectivity index (χ1) is 9.23. The molecule has 0 unspecified atom stereocenters. The molecule has 1 rings (SSSR count). The number of nitriles is 1. The fourth-order valence-electron chi connectivity index (χ4n) is 1.43. The highest BCUT2D eigenvalue weighted by Crippen LogP contribution is 2.35. The number of halogens is 5. The van der Waals surface area contributed by atoms with Crippen molar-refractivity contribution in [3.05, 3.63) is 28.6 Å². The van der Waals surface area contributed by atoms with Gasteiger partial charge in [-0.2, -0.15) is 18.4 Å². The Morgan fingerprint density at radius 1 is 1.50 bits per heavy atom. The summed E-state index contributed by atoms with van der Waals surface area (Å²) >= 11 is 0. The van der Waals surface area contributed by atoms with E-state index in [2.05, 4.69) is 9.72 Å². The van der Waals surface area contributed by atoms with Crippen LogP contribution >= 0.6 is 0 Å². The molecule has 0 atom stereocenters. The van der Waals surface area contributed by atoms with Crippen LogP contribution in [0, 0.1) is 11.3 Å². The van der Waals surface area contributed by atoms with Gasteiger partial charge in [0.1, 0.15) is 11.8 Å². The standard InChI is InChI=1S/C11H7F5N2O2/c1-2-20-10(19)7-5(3-17)8(9(12)13)18-4-6(7)11(14,15)16/h4,9H,2H2,1H3. The van der Waals surface area contributed by atoms with Gasteiger partial charge in [0.2, 0.25) is 0 Å². The molecule has 0 aromatic carbocycles. The third-order valence-electron chi connectivity index (χ3n) is 2.21. The molecule has 0 N–H and O–H groups in total. The van der Waals surface area contributed by atoms with Gasteiger partial charge >= 0.3 is 12.1 Å². The van der Waals surface area contributed by atoms with Crippen LogP contribution in [0.5, 0.6) is 0 Å². The summed E-state index contributed by atoms with van der Waals surface area (Å²) in [5.41, 5.74) is -5.15. The van der Waals surface area contributed by atoms with Crippen molar-refractivity contribution in [2.24, 2.45) is 0 Å². The summed E-state index contributed by atoms with van der Waals surface area (Å²) < 4.78 is 67.9. The Morgan fingerprint density at radius 2 is 2.10 bits per heavy atom. The van der Waals surface area contributed by atoms with Crippen molar-refractivity contribution < 1.29 is 31.5 Å². The maximum Gasteiger partial charge on any atom is 0.418 e. The molecule has 0 saturated carbocycles.